The second kappa shape index (κ2) is 7.62. The van der Waals surface area contributed by atoms with E-state index in [0.29, 0.717) is 10.7 Å². The molecule has 0 saturated heterocycles. The first-order valence-corrected chi connectivity index (χ1v) is 9.07. The number of fused-ring (bicyclic) bond motifs is 1. The van der Waals surface area contributed by atoms with E-state index < -0.39 is 6.04 Å². The summed E-state index contributed by atoms with van der Waals surface area (Å²) in [5, 5.41) is 17.4. The molecular formula is C17H15BrN4O2S. The Kier molecular flexibility index (Phi) is 5.30. The van der Waals surface area contributed by atoms with Gasteiger partial charge in [0.2, 0.25) is 0 Å². The highest BCUT2D eigenvalue weighted by Crippen LogP contribution is 2.25. The molecule has 0 aliphatic heterocycles. The molecule has 1 amide bonds. The van der Waals surface area contributed by atoms with E-state index in [4.69, 9.17) is 0 Å². The molecule has 1 heterocycles. The first-order valence-electron chi connectivity index (χ1n) is 7.46. The Morgan fingerprint density at radius 2 is 2.16 bits per heavy atom. The molecule has 0 radical (unpaired) electrons. The third kappa shape index (κ3) is 4.34. The lowest BCUT2D eigenvalue weighted by Crippen LogP contribution is -2.34. The van der Waals surface area contributed by atoms with E-state index in [1.165, 1.54) is 17.6 Å². The van der Waals surface area contributed by atoms with Gasteiger partial charge >= 0.3 is 0 Å². The van der Waals surface area contributed by atoms with Crippen LogP contribution in [0.2, 0.25) is 0 Å². The average Bonchev–Trinajstić information content (AvgIpc) is 3.00. The maximum Gasteiger partial charge on any atom is 0.262 e. The number of nitrogens with zero attached hydrogens (tertiary/aromatic N) is 2. The molecule has 0 aliphatic rings. The van der Waals surface area contributed by atoms with Crippen molar-refractivity contribution in [2.75, 3.05) is 5.32 Å². The molecule has 8 heteroatoms. The molecule has 0 unspecified atom stereocenters. The molecule has 0 bridgehead atoms. The first-order chi connectivity index (χ1) is 12.0. The van der Waals surface area contributed by atoms with Crippen molar-refractivity contribution in [1.82, 2.24) is 10.4 Å². The number of anilines is 1. The van der Waals surface area contributed by atoms with E-state index in [2.05, 4.69) is 36.8 Å². The summed E-state index contributed by atoms with van der Waals surface area (Å²) >= 11 is 4.80. The number of phenols is 1. The van der Waals surface area contributed by atoms with E-state index in [-0.39, 0.29) is 11.7 Å². The van der Waals surface area contributed by atoms with Crippen LogP contribution in [-0.2, 0) is 4.79 Å². The molecule has 2 aromatic carbocycles. The quantitative estimate of drug-likeness (QED) is 0.435. The van der Waals surface area contributed by atoms with Crippen LogP contribution in [0, 0.1) is 0 Å². The van der Waals surface area contributed by atoms with Gasteiger partial charge in [-0.25, -0.2) is 10.4 Å². The maximum atomic E-state index is 12.1. The van der Waals surface area contributed by atoms with E-state index in [1.807, 2.05) is 24.3 Å². The number of para-hydroxylation sites is 1. The summed E-state index contributed by atoms with van der Waals surface area (Å²) in [4.78, 5) is 16.6. The SMILES string of the molecule is C[C@H](Nc1nc2ccccc2s1)C(=O)N/N=C\c1cc(Br)ccc1O. The zero-order chi connectivity index (χ0) is 17.8. The molecule has 3 rings (SSSR count). The van der Waals surface area contributed by atoms with Crippen LogP contribution in [0.15, 0.2) is 52.0 Å². The Bertz CT molecular complexity index is 908. The fourth-order valence-electron chi connectivity index (χ4n) is 2.08. The number of nitrogens with one attached hydrogen (secondary N) is 2. The Morgan fingerprint density at radius 1 is 1.36 bits per heavy atom. The summed E-state index contributed by atoms with van der Waals surface area (Å²) in [6.07, 6.45) is 1.39. The van der Waals surface area contributed by atoms with E-state index in [1.54, 1.807) is 25.1 Å². The molecule has 0 spiro atoms. The van der Waals surface area contributed by atoms with Crippen LogP contribution in [0.1, 0.15) is 12.5 Å². The lowest BCUT2D eigenvalue weighted by atomic mass is 10.2. The highest BCUT2D eigenvalue weighted by Gasteiger charge is 2.14. The van der Waals surface area contributed by atoms with Crippen molar-refractivity contribution >= 4 is 54.7 Å². The third-order valence-corrected chi connectivity index (χ3v) is 4.86. The van der Waals surface area contributed by atoms with Crippen molar-refractivity contribution in [2.45, 2.75) is 13.0 Å². The molecular weight excluding hydrogens is 404 g/mol. The number of hydrogen-bond acceptors (Lipinski definition) is 6. The number of phenolic OH excluding ortho intramolecular Hbond substituents is 1. The Labute approximate surface area is 156 Å². The lowest BCUT2D eigenvalue weighted by Gasteiger charge is -2.10. The number of hydrazone groups is 1. The van der Waals surface area contributed by atoms with E-state index in [0.717, 1.165) is 14.7 Å². The normalized spacial score (nSPS) is 12.4. The van der Waals surface area contributed by atoms with Gasteiger partial charge in [-0.3, -0.25) is 4.79 Å². The standard InChI is InChI=1S/C17H15BrN4O2S/c1-10(20-17-21-13-4-2-3-5-15(13)25-17)16(24)22-19-9-11-8-12(18)6-7-14(11)23/h2-10,23H,1H3,(H,20,21)(H,22,24)/b19-9-/t10-/m0/s1. The van der Waals surface area contributed by atoms with Gasteiger partial charge in [0.05, 0.1) is 16.4 Å². The summed E-state index contributed by atoms with van der Waals surface area (Å²) in [7, 11) is 0. The van der Waals surface area contributed by atoms with Crippen LogP contribution in [0.4, 0.5) is 5.13 Å². The van der Waals surface area contributed by atoms with Crippen molar-refractivity contribution < 1.29 is 9.90 Å². The highest BCUT2D eigenvalue weighted by molar-refractivity contribution is 9.10. The number of halogens is 1. The number of carbonyl (C=O) groups is 1. The van der Waals surface area contributed by atoms with Crippen LogP contribution < -0.4 is 10.7 Å². The van der Waals surface area contributed by atoms with Crippen molar-refractivity contribution in [1.29, 1.82) is 0 Å². The smallest absolute Gasteiger partial charge is 0.262 e. The largest absolute Gasteiger partial charge is 0.507 e. The van der Waals surface area contributed by atoms with Gasteiger partial charge < -0.3 is 10.4 Å². The number of thiazole rings is 1. The van der Waals surface area contributed by atoms with Crippen LogP contribution in [0.25, 0.3) is 10.2 Å². The fourth-order valence-corrected chi connectivity index (χ4v) is 3.41. The number of carbonyl (C=O) groups excluding carboxylic acids is 1. The Morgan fingerprint density at radius 3 is 2.96 bits per heavy atom. The van der Waals surface area contributed by atoms with Gasteiger partial charge in [0.25, 0.3) is 5.91 Å². The lowest BCUT2D eigenvalue weighted by molar-refractivity contribution is -0.121. The minimum Gasteiger partial charge on any atom is -0.507 e. The monoisotopic (exact) mass is 418 g/mol. The molecule has 25 heavy (non-hydrogen) atoms. The molecule has 128 valence electrons. The predicted molar refractivity (Wildman–Crippen MR) is 104 cm³/mol. The van der Waals surface area contributed by atoms with Crippen LogP contribution in [0.3, 0.4) is 0 Å². The predicted octanol–water partition coefficient (Wildman–Crippen LogP) is 3.72. The van der Waals surface area contributed by atoms with E-state index >= 15 is 0 Å². The number of aromatic hydroxyl groups is 1. The van der Waals surface area contributed by atoms with Crippen LogP contribution in [0.5, 0.6) is 5.75 Å². The summed E-state index contributed by atoms with van der Waals surface area (Å²) in [6.45, 7) is 1.73. The Hall–Kier alpha value is -2.45. The first kappa shape index (κ1) is 17.4. The summed E-state index contributed by atoms with van der Waals surface area (Å²) in [5.41, 5.74) is 3.85. The minimum atomic E-state index is -0.506. The fraction of sp³-hybridized carbons (Fsp3) is 0.118. The van der Waals surface area contributed by atoms with Crippen molar-refractivity contribution in [3.05, 3.63) is 52.5 Å². The number of hydrogen-bond donors (Lipinski definition) is 3. The molecule has 3 N–H and O–H groups in total. The van der Waals surface area contributed by atoms with Gasteiger partial charge in [-0.2, -0.15) is 5.10 Å². The van der Waals surface area contributed by atoms with Crippen LogP contribution in [-0.4, -0.2) is 28.3 Å². The van der Waals surface area contributed by atoms with Crippen molar-refractivity contribution in [2.24, 2.45) is 5.10 Å². The maximum absolute atomic E-state index is 12.1. The molecule has 3 aromatic rings. The van der Waals surface area contributed by atoms with Crippen molar-refractivity contribution in [3.63, 3.8) is 0 Å². The highest BCUT2D eigenvalue weighted by atomic mass is 79.9. The van der Waals surface area contributed by atoms with Crippen molar-refractivity contribution in [3.8, 4) is 5.75 Å². The van der Waals surface area contributed by atoms with Gasteiger partial charge in [0.15, 0.2) is 5.13 Å². The summed E-state index contributed by atoms with van der Waals surface area (Å²) in [5.74, 6) is -0.216. The van der Waals surface area contributed by atoms with Gasteiger partial charge in [-0.1, -0.05) is 39.4 Å². The molecule has 0 saturated carbocycles. The molecule has 1 atom stereocenters. The average molecular weight is 419 g/mol. The molecule has 1 aromatic heterocycles. The van der Waals surface area contributed by atoms with Gasteiger partial charge in [-0.15, -0.1) is 0 Å². The number of benzene rings is 2. The van der Waals surface area contributed by atoms with Crippen LogP contribution >= 0.6 is 27.3 Å². The molecule has 0 fully saturated rings. The van der Waals surface area contributed by atoms with E-state index in [9.17, 15) is 9.90 Å². The number of rotatable bonds is 5. The summed E-state index contributed by atoms with van der Waals surface area (Å²) < 4.78 is 1.87. The second-order valence-corrected chi connectivity index (χ2v) is 7.24. The van der Waals surface area contributed by atoms with Gasteiger partial charge in [-0.05, 0) is 37.3 Å². The molecule has 6 nitrogen and oxygen atoms in total. The topological polar surface area (TPSA) is 86.6 Å². The second-order valence-electron chi connectivity index (χ2n) is 5.29. The Balaban J connectivity index is 1.60. The zero-order valence-corrected chi connectivity index (χ0v) is 15.6. The summed E-state index contributed by atoms with van der Waals surface area (Å²) in [6, 6.07) is 12.2. The van der Waals surface area contributed by atoms with Gasteiger partial charge in [0, 0.05) is 10.0 Å². The number of amides is 1. The third-order valence-electron chi connectivity index (χ3n) is 3.40. The minimum absolute atomic E-state index is 0.0850. The zero-order valence-electron chi connectivity index (χ0n) is 13.2. The number of aromatic nitrogens is 1. The molecule has 0 aliphatic carbocycles. The van der Waals surface area contributed by atoms with Gasteiger partial charge in [0.1, 0.15) is 11.8 Å².